The summed E-state index contributed by atoms with van der Waals surface area (Å²) in [7, 11) is 0. The minimum atomic E-state index is 0.0144. The number of aliphatic hydroxyl groups excluding tert-OH is 1. The molecule has 0 amide bonds. The average Bonchev–Trinajstić information content (AvgIpc) is 2.41. The molecule has 2 aromatic rings. The molecule has 94 valence electrons. The Morgan fingerprint density at radius 2 is 1.61 bits per heavy atom. The van der Waals surface area contributed by atoms with Gasteiger partial charge in [-0.2, -0.15) is 0 Å². The van der Waals surface area contributed by atoms with E-state index in [0.29, 0.717) is 6.61 Å². The first-order valence-corrected chi connectivity index (χ1v) is 6.17. The maximum Gasteiger partial charge on any atom is 0.124 e. The van der Waals surface area contributed by atoms with E-state index in [-0.39, 0.29) is 6.61 Å². The van der Waals surface area contributed by atoms with Gasteiger partial charge < -0.3 is 9.84 Å². The summed E-state index contributed by atoms with van der Waals surface area (Å²) in [6.45, 7) is 2.75. The standard InChI is InChI=1S/C16H18O2/c1-13-6-2-3-7-14(13)10-11-18-16-9-5-4-8-15(16)12-17/h2-9,17H,10-12H2,1H3. The fraction of sp³-hybridized carbons (Fsp3) is 0.250. The molecule has 18 heavy (non-hydrogen) atoms. The van der Waals surface area contributed by atoms with Gasteiger partial charge in [-0.15, -0.1) is 0 Å². The van der Waals surface area contributed by atoms with E-state index in [2.05, 4.69) is 19.1 Å². The smallest absolute Gasteiger partial charge is 0.124 e. The van der Waals surface area contributed by atoms with E-state index in [1.165, 1.54) is 11.1 Å². The molecule has 0 fully saturated rings. The van der Waals surface area contributed by atoms with E-state index in [1.807, 2.05) is 36.4 Å². The van der Waals surface area contributed by atoms with Crippen LogP contribution in [-0.4, -0.2) is 11.7 Å². The average molecular weight is 242 g/mol. The Bertz CT molecular complexity index is 506. The summed E-state index contributed by atoms with van der Waals surface area (Å²) in [5.74, 6) is 0.772. The molecule has 0 saturated carbocycles. The van der Waals surface area contributed by atoms with Crippen LogP contribution in [0.3, 0.4) is 0 Å². The second-order valence-corrected chi connectivity index (χ2v) is 4.29. The molecule has 0 bridgehead atoms. The molecule has 0 radical (unpaired) electrons. The fourth-order valence-electron chi connectivity index (χ4n) is 1.94. The molecule has 2 rings (SSSR count). The molecule has 0 unspecified atom stereocenters. The van der Waals surface area contributed by atoms with Crippen molar-refractivity contribution in [1.82, 2.24) is 0 Å². The van der Waals surface area contributed by atoms with Crippen LogP contribution in [0.25, 0.3) is 0 Å². The highest BCUT2D eigenvalue weighted by atomic mass is 16.5. The van der Waals surface area contributed by atoms with Gasteiger partial charge in [0.1, 0.15) is 5.75 Å². The first-order chi connectivity index (χ1) is 8.81. The van der Waals surface area contributed by atoms with Crippen molar-refractivity contribution in [3.05, 3.63) is 65.2 Å². The van der Waals surface area contributed by atoms with Crippen LogP contribution in [-0.2, 0) is 13.0 Å². The molecule has 0 aliphatic carbocycles. The van der Waals surface area contributed by atoms with E-state index in [0.717, 1.165) is 17.7 Å². The maximum absolute atomic E-state index is 9.20. The SMILES string of the molecule is Cc1ccccc1CCOc1ccccc1CO. The Hall–Kier alpha value is -1.80. The minimum absolute atomic E-state index is 0.0144. The predicted molar refractivity (Wildman–Crippen MR) is 72.7 cm³/mol. The Morgan fingerprint density at radius 1 is 0.944 bits per heavy atom. The lowest BCUT2D eigenvalue weighted by Crippen LogP contribution is -2.04. The molecular formula is C16H18O2. The van der Waals surface area contributed by atoms with Gasteiger partial charge in [-0.3, -0.25) is 0 Å². The summed E-state index contributed by atoms with van der Waals surface area (Å²) < 4.78 is 5.73. The highest BCUT2D eigenvalue weighted by Gasteiger charge is 2.02. The Balaban J connectivity index is 1.95. The zero-order valence-corrected chi connectivity index (χ0v) is 10.6. The molecule has 0 atom stereocenters. The van der Waals surface area contributed by atoms with Gasteiger partial charge in [0, 0.05) is 12.0 Å². The third kappa shape index (κ3) is 3.11. The molecule has 1 N–H and O–H groups in total. The van der Waals surface area contributed by atoms with E-state index < -0.39 is 0 Å². The van der Waals surface area contributed by atoms with Gasteiger partial charge in [0.2, 0.25) is 0 Å². The molecule has 2 nitrogen and oxygen atoms in total. The van der Waals surface area contributed by atoms with E-state index in [1.54, 1.807) is 0 Å². The summed E-state index contributed by atoms with van der Waals surface area (Å²) in [5.41, 5.74) is 3.43. The van der Waals surface area contributed by atoms with Crippen molar-refractivity contribution in [2.45, 2.75) is 20.0 Å². The lowest BCUT2D eigenvalue weighted by atomic mass is 10.1. The Morgan fingerprint density at radius 3 is 2.33 bits per heavy atom. The number of hydrogen-bond donors (Lipinski definition) is 1. The molecule has 0 aliphatic rings. The molecule has 0 heterocycles. The topological polar surface area (TPSA) is 29.5 Å². The van der Waals surface area contributed by atoms with Crippen LogP contribution >= 0.6 is 0 Å². The lowest BCUT2D eigenvalue weighted by molar-refractivity contribution is 0.264. The number of benzene rings is 2. The first kappa shape index (κ1) is 12.7. The summed E-state index contributed by atoms with van der Waals surface area (Å²) >= 11 is 0. The number of hydrogen-bond acceptors (Lipinski definition) is 2. The first-order valence-electron chi connectivity index (χ1n) is 6.17. The van der Waals surface area contributed by atoms with Crippen molar-refractivity contribution in [3.8, 4) is 5.75 Å². The number of rotatable bonds is 5. The van der Waals surface area contributed by atoms with E-state index in [9.17, 15) is 5.11 Å². The van der Waals surface area contributed by atoms with E-state index >= 15 is 0 Å². The summed E-state index contributed by atoms with van der Waals surface area (Å²) in [5, 5.41) is 9.20. The van der Waals surface area contributed by atoms with Crippen molar-refractivity contribution in [3.63, 3.8) is 0 Å². The molecule has 2 aromatic carbocycles. The third-order valence-corrected chi connectivity index (χ3v) is 3.03. The number of aliphatic hydroxyl groups is 1. The molecule has 2 heteroatoms. The summed E-state index contributed by atoms with van der Waals surface area (Å²) in [4.78, 5) is 0. The van der Waals surface area contributed by atoms with Crippen LogP contribution in [0.4, 0.5) is 0 Å². The van der Waals surface area contributed by atoms with Crippen molar-refractivity contribution in [2.24, 2.45) is 0 Å². The minimum Gasteiger partial charge on any atom is -0.493 e. The Kier molecular flexibility index (Phi) is 4.37. The van der Waals surface area contributed by atoms with Gasteiger partial charge in [-0.05, 0) is 24.1 Å². The van der Waals surface area contributed by atoms with E-state index in [4.69, 9.17) is 4.74 Å². The number of para-hydroxylation sites is 1. The van der Waals surface area contributed by atoms with Crippen LogP contribution in [0.1, 0.15) is 16.7 Å². The zero-order valence-electron chi connectivity index (χ0n) is 10.6. The molecular weight excluding hydrogens is 224 g/mol. The van der Waals surface area contributed by atoms with Gasteiger partial charge in [0.25, 0.3) is 0 Å². The van der Waals surface area contributed by atoms with Gasteiger partial charge in [-0.1, -0.05) is 42.5 Å². The van der Waals surface area contributed by atoms with Crippen LogP contribution in [0.2, 0.25) is 0 Å². The normalized spacial score (nSPS) is 10.3. The van der Waals surface area contributed by atoms with Crippen molar-refractivity contribution >= 4 is 0 Å². The number of aryl methyl sites for hydroxylation is 1. The second-order valence-electron chi connectivity index (χ2n) is 4.29. The van der Waals surface area contributed by atoms with Crippen LogP contribution in [0, 0.1) is 6.92 Å². The predicted octanol–water partition coefficient (Wildman–Crippen LogP) is 3.11. The summed E-state index contributed by atoms with van der Waals surface area (Å²) in [6, 6.07) is 15.9. The van der Waals surface area contributed by atoms with Crippen molar-refractivity contribution in [2.75, 3.05) is 6.61 Å². The van der Waals surface area contributed by atoms with Gasteiger partial charge in [0.05, 0.1) is 13.2 Å². The lowest BCUT2D eigenvalue weighted by Gasteiger charge is -2.10. The maximum atomic E-state index is 9.20. The molecule has 0 saturated heterocycles. The summed E-state index contributed by atoms with van der Waals surface area (Å²) in [6.07, 6.45) is 0.881. The largest absolute Gasteiger partial charge is 0.493 e. The van der Waals surface area contributed by atoms with Crippen LogP contribution < -0.4 is 4.74 Å². The third-order valence-electron chi connectivity index (χ3n) is 3.03. The molecule has 0 aliphatic heterocycles. The highest BCUT2D eigenvalue weighted by molar-refractivity contribution is 5.32. The quantitative estimate of drug-likeness (QED) is 0.873. The van der Waals surface area contributed by atoms with Gasteiger partial charge >= 0.3 is 0 Å². The fourth-order valence-corrected chi connectivity index (χ4v) is 1.94. The highest BCUT2D eigenvalue weighted by Crippen LogP contribution is 2.18. The molecule has 0 spiro atoms. The van der Waals surface area contributed by atoms with Crippen LogP contribution in [0.15, 0.2) is 48.5 Å². The van der Waals surface area contributed by atoms with Crippen molar-refractivity contribution in [1.29, 1.82) is 0 Å². The zero-order chi connectivity index (χ0) is 12.8. The number of ether oxygens (including phenoxy) is 1. The van der Waals surface area contributed by atoms with Crippen molar-refractivity contribution < 1.29 is 9.84 Å². The second kappa shape index (κ2) is 6.22. The van der Waals surface area contributed by atoms with Crippen LogP contribution in [0.5, 0.6) is 5.75 Å². The Labute approximate surface area is 108 Å². The molecule has 0 aromatic heterocycles. The monoisotopic (exact) mass is 242 g/mol. The van der Waals surface area contributed by atoms with Gasteiger partial charge in [-0.25, -0.2) is 0 Å². The van der Waals surface area contributed by atoms with Gasteiger partial charge in [0.15, 0.2) is 0 Å².